The van der Waals surface area contributed by atoms with Gasteiger partial charge in [0.2, 0.25) is 0 Å². The Kier molecular flexibility index (Phi) is 4.32. The summed E-state index contributed by atoms with van der Waals surface area (Å²) in [6.07, 6.45) is 0.920. The van der Waals surface area contributed by atoms with Gasteiger partial charge in [0, 0.05) is 11.6 Å². The molecule has 0 aliphatic heterocycles. The average Bonchev–Trinajstić information content (AvgIpc) is 2.80. The van der Waals surface area contributed by atoms with Crippen LogP contribution in [0.4, 0.5) is 5.69 Å². The number of benzene rings is 1. The molecule has 0 radical (unpaired) electrons. The highest BCUT2D eigenvalue weighted by Gasteiger charge is 2.08. The first-order chi connectivity index (χ1) is 9.13. The van der Waals surface area contributed by atoms with Crippen molar-refractivity contribution in [3.8, 4) is 5.75 Å². The van der Waals surface area contributed by atoms with Gasteiger partial charge in [0.25, 0.3) is 0 Å². The number of nitrogen functional groups attached to an aromatic ring is 1. The Labute approximate surface area is 118 Å². The molecule has 2 N–H and O–H groups in total. The van der Waals surface area contributed by atoms with E-state index in [0.717, 1.165) is 24.4 Å². The van der Waals surface area contributed by atoms with Crippen LogP contribution in [0.25, 0.3) is 0 Å². The van der Waals surface area contributed by atoms with Crippen LogP contribution < -0.4 is 10.5 Å². The highest BCUT2D eigenvalue weighted by atomic mass is 35.5. The molecule has 1 aromatic heterocycles. The molecule has 0 saturated heterocycles. The van der Waals surface area contributed by atoms with Crippen LogP contribution in [0, 0.1) is 0 Å². The summed E-state index contributed by atoms with van der Waals surface area (Å²) in [5, 5.41) is 5.09. The van der Waals surface area contributed by atoms with Crippen LogP contribution in [0.5, 0.6) is 5.75 Å². The molecular formula is C14H18ClN3O. The summed E-state index contributed by atoms with van der Waals surface area (Å²) < 4.78 is 7.68. The van der Waals surface area contributed by atoms with Gasteiger partial charge in [0.1, 0.15) is 12.4 Å². The van der Waals surface area contributed by atoms with Gasteiger partial charge in [-0.15, -0.1) is 0 Å². The molecule has 2 rings (SSSR count). The number of aryl methyl sites for hydroxylation is 2. The standard InChI is InChI=1S/C14H18ClN3O/c1-3-11-8-12(18(4-2)17-11)9-19-14-6-5-10(15)7-13(14)16/h5-8H,3-4,9,16H2,1-2H3. The second-order valence-electron chi connectivity index (χ2n) is 4.27. The Bertz CT molecular complexity index is 566. The highest BCUT2D eigenvalue weighted by Crippen LogP contribution is 2.25. The van der Waals surface area contributed by atoms with Crippen molar-refractivity contribution in [1.29, 1.82) is 0 Å². The zero-order valence-corrected chi connectivity index (χ0v) is 11.9. The number of halogens is 1. The monoisotopic (exact) mass is 279 g/mol. The SMILES string of the molecule is CCc1cc(COc2ccc(Cl)cc2N)n(CC)n1. The van der Waals surface area contributed by atoms with Crippen LogP contribution in [-0.4, -0.2) is 9.78 Å². The smallest absolute Gasteiger partial charge is 0.142 e. The van der Waals surface area contributed by atoms with Crippen molar-refractivity contribution in [3.05, 3.63) is 40.7 Å². The van der Waals surface area contributed by atoms with E-state index in [1.165, 1.54) is 0 Å². The molecule has 19 heavy (non-hydrogen) atoms. The number of nitrogens with two attached hydrogens (primary N) is 1. The molecular weight excluding hydrogens is 262 g/mol. The molecule has 1 aromatic carbocycles. The summed E-state index contributed by atoms with van der Waals surface area (Å²) in [7, 11) is 0. The number of ether oxygens (including phenoxy) is 1. The third-order valence-corrected chi connectivity index (χ3v) is 3.16. The lowest BCUT2D eigenvalue weighted by Crippen LogP contribution is -2.06. The summed E-state index contributed by atoms with van der Waals surface area (Å²) in [6, 6.07) is 7.30. The summed E-state index contributed by atoms with van der Waals surface area (Å²) in [4.78, 5) is 0. The van der Waals surface area contributed by atoms with Crippen LogP contribution in [0.3, 0.4) is 0 Å². The summed E-state index contributed by atoms with van der Waals surface area (Å²) >= 11 is 5.85. The van der Waals surface area contributed by atoms with E-state index in [0.29, 0.717) is 23.1 Å². The molecule has 0 atom stereocenters. The number of anilines is 1. The van der Waals surface area contributed by atoms with Crippen LogP contribution in [-0.2, 0) is 19.6 Å². The van der Waals surface area contributed by atoms with Crippen molar-refractivity contribution in [3.63, 3.8) is 0 Å². The third kappa shape index (κ3) is 3.20. The Hall–Kier alpha value is -1.68. The zero-order chi connectivity index (χ0) is 13.8. The van der Waals surface area contributed by atoms with Crippen LogP contribution in [0.1, 0.15) is 25.2 Å². The largest absolute Gasteiger partial charge is 0.485 e. The molecule has 0 aliphatic rings. The molecule has 0 spiro atoms. The quantitative estimate of drug-likeness (QED) is 0.855. The average molecular weight is 280 g/mol. The van der Waals surface area contributed by atoms with E-state index in [-0.39, 0.29) is 0 Å². The molecule has 4 nitrogen and oxygen atoms in total. The molecule has 1 heterocycles. The van der Waals surface area contributed by atoms with Crippen LogP contribution >= 0.6 is 11.6 Å². The van der Waals surface area contributed by atoms with Gasteiger partial charge < -0.3 is 10.5 Å². The predicted octanol–water partition coefficient (Wildman–Crippen LogP) is 3.28. The maximum absolute atomic E-state index is 5.86. The number of hydrogen-bond acceptors (Lipinski definition) is 3. The first-order valence-electron chi connectivity index (χ1n) is 6.37. The summed E-state index contributed by atoms with van der Waals surface area (Å²) in [5.41, 5.74) is 8.53. The van der Waals surface area contributed by atoms with Crippen molar-refractivity contribution in [2.45, 2.75) is 33.4 Å². The van der Waals surface area contributed by atoms with Gasteiger partial charge in [-0.25, -0.2) is 0 Å². The molecule has 0 bridgehead atoms. The third-order valence-electron chi connectivity index (χ3n) is 2.92. The fourth-order valence-corrected chi connectivity index (χ4v) is 2.06. The van der Waals surface area contributed by atoms with E-state index >= 15 is 0 Å². The van der Waals surface area contributed by atoms with Gasteiger partial charge >= 0.3 is 0 Å². The second-order valence-corrected chi connectivity index (χ2v) is 4.70. The van der Waals surface area contributed by atoms with E-state index < -0.39 is 0 Å². The van der Waals surface area contributed by atoms with Crippen LogP contribution in [0.2, 0.25) is 5.02 Å². The fourth-order valence-electron chi connectivity index (χ4n) is 1.88. The van der Waals surface area contributed by atoms with E-state index in [4.69, 9.17) is 22.1 Å². The first kappa shape index (κ1) is 13.7. The van der Waals surface area contributed by atoms with Crippen molar-refractivity contribution in [2.75, 3.05) is 5.73 Å². The molecule has 0 amide bonds. The number of rotatable bonds is 5. The maximum atomic E-state index is 5.86. The molecule has 102 valence electrons. The number of nitrogens with zero attached hydrogens (tertiary/aromatic N) is 2. The highest BCUT2D eigenvalue weighted by molar-refractivity contribution is 6.30. The minimum Gasteiger partial charge on any atom is -0.485 e. The lowest BCUT2D eigenvalue weighted by molar-refractivity contribution is 0.294. The molecule has 0 aliphatic carbocycles. The van der Waals surface area contributed by atoms with Crippen molar-refractivity contribution in [2.24, 2.45) is 0 Å². The molecule has 0 fully saturated rings. The van der Waals surface area contributed by atoms with Crippen LogP contribution in [0.15, 0.2) is 24.3 Å². The van der Waals surface area contributed by atoms with Crippen molar-refractivity contribution >= 4 is 17.3 Å². The lowest BCUT2D eigenvalue weighted by atomic mass is 10.3. The van der Waals surface area contributed by atoms with Gasteiger partial charge in [-0.1, -0.05) is 18.5 Å². The first-order valence-corrected chi connectivity index (χ1v) is 6.75. The molecule has 2 aromatic rings. The predicted molar refractivity (Wildman–Crippen MR) is 77.5 cm³/mol. The summed E-state index contributed by atoms with van der Waals surface area (Å²) in [6.45, 7) is 5.43. The molecule has 0 unspecified atom stereocenters. The Morgan fingerprint density at radius 1 is 1.32 bits per heavy atom. The van der Waals surface area contributed by atoms with Gasteiger partial charge in [-0.2, -0.15) is 5.10 Å². The molecule has 5 heteroatoms. The van der Waals surface area contributed by atoms with E-state index in [2.05, 4.69) is 25.0 Å². The van der Waals surface area contributed by atoms with Crippen molar-refractivity contribution in [1.82, 2.24) is 9.78 Å². The van der Waals surface area contributed by atoms with E-state index in [9.17, 15) is 0 Å². The van der Waals surface area contributed by atoms with Crippen molar-refractivity contribution < 1.29 is 4.74 Å². The number of hydrogen-bond donors (Lipinski definition) is 1. The zero-order valence-electron chi connectivity index (χ0n) is 11.2. The Morgan fingerprint density at radius 2 is 2.11 bits per heavy atom. The van der Waals surface area contributed by atoms with Gasteiger partial charge in [-0.3, -0.25) is 4.68 Å². The van der Waals surface area contributed by atoms with Gasteiger partial charge in [-0.05, 0) is 37.6 Å². The Balaban J connectivity index is 2.11. The second kappa shape index (κ2) is 5.97. The van der Waals surface area contributed by atoms with E-state index in [1.807, 2.05) is 4.68 Å². The maximum Gasteiger partial charge on any atom is 0.142 e. The minimum absolute atomic E-state index is 0.451. The van der Waals surface area contributed by atoms with E-state index in [1.54, 1.807) is 18.2 Å². The topological polar surface area (TPSA) is 53.1 Å². The van der Waals surface area contributed by atoms with Gasteiger partial charge in [0.05, 0.1) is 17.1 Å². The normalized spacial score (nSPS) is 10.7. The summed E-state index contributed by atoms with van der Waals surface area (Å²) in [5.74, 6) is 0.645. The minimum atomic E-state index is 0.451. The van der Waals surface area contributed by atoms with Gasteiger partial charge in [0.15, 0.2) is 0 Å². The lowest BCUT2D eigenvalue weighted by Gasteiger charge is -2.09. The fraction of sp³-hybridized carbons (Fsp3) is 0.357. The number of aromatic nitrogens is 2. The Morgan fingerprint density at radius 3 is 2.74 bits per heavy atom. The molecule has 0 saturated carbocycles.